The zero-order valence-electron chi connectivity index (χ0n) is 26.7. The number of carbonyl (C=O) groups is 2. The molecule has 3 rings (SSSR count). The number of alkyl halides is 3. The van der Waals surface area contributed by atoms with E-state index in [1.807, 2.05) is 0 Å². The highest BCUT2D eigenvalue weighted by Gasteiger charge is 2.42. The van der Waals surface area contributed by atoms with Crippen molar-refractivity contribution in [1.29, 1.82) is 0 Å². The normalized spacial score (nSPS) is 12.2. The van der Waals surface area contributed by atoms with E-state index in [1.165, 1.54) is 62.1 Å². The smallest absolute Gasteiger partial charge is 0.425 e. The van der Waals surface area contributed by atoms with Crippen molar-refractivity contribution in [3.05, 3.63) is 71.3 Å². The van der Waals surface area contributed by atoms with Gasteiger partial charge in [-0.3, -0.25) is 0 Å². The molecule has 250 valence electrons. The third-order valence-corrected chi connectivity index (χ3v) is 7.98. The van der Waals surface area contributed by atoms with Gasteiger partial charge in [0.1, 0.15) is 5.82 Å². The molecule has 0 spiro atoms. The van der Waals surface area contributed by atoms with E-state index in [9.17, 15) is 27.9 Å². The van der Waals surface area contributed by atoms with Crippen LogP contribution in [0.2, 0.25) is 0 Å². The summed E-state index contributed by atoms with van der Waals surface area (Å²) in [6, 6.07) is 7.51. The van der Waals surface area contributed by atoms with Crippen LogP contribution in [0.3, 0.4) is 0 Å². The van der Waals surface area contributed by atoms with Crippen molar-refractivity contribution in [2.75, 3.05) is 0 Å². The SMILES string of the molecule is CCCCCCCCc1cnc(-c2ccc(C(=O)O)c(-c3ccc(C(=O)OC(CCCCCCCC)C(F)(F)F)cc3)c2F)nc1. The van der Waals surface area contributed by atoms with Crippen molar-refractivity contribution in [2.45, 2.75) is 116 Å². The van der Waals surface area contributed by atoms with Gasteiger partial charge in [-0.05, 0) is 61.1 Å². The number of aryl methyl sites for hydroxylation is 1. The number of carboxylic acids is 1. The van der Waals surface area contributed by atoms with Crippen LogP contribution >= 0.6 is 0 Å². The summed E-state index contributed by atoms with van der Waals surface area (Å²) in [5, 5.41) is 9.77. The molecule has 0 bridgehead atoms. The molecular weight excluding hydrogens is 600 g/mol. The Morgan fingerprint density at radius 3 is 1.93 bits per heavy atom. The zero-order chi connectivity index (χ0) is 33.5. The highest BCUT2D eigenvalue weighted by atomic mass is 19.4. The fraction of sp³-hybridized carbons (Fsp3) is 0.500. The van der Waals surface area contributed by atoms with Gasteiger partial charge < -0.3 is 9.84 Å². The van der Waals surface area contributed by atoms with E-state index in [0.29, 0.717) is 6.42 Å². The monoisotopic (exact) mass is 644 g/mol. The predicted molar refractivity (Wildman–Crippen MR) is 170 cm³/mol. The van der Waals surface area contributed by atoms with E-state index in [1.54, 1.807) is 12.4 Å². The van der Waals surface area contributed by atoms with Crippen LogP contribution in [0.4, 0.5) is 17.6 Å². The number of unbranched alkanes of at least 4 members (excludes halogenated alkanes) is 10. The van der Waals surface area contributed by atoms with Crippen LogP contribution in [-0.2, 0) is 11.2 Å². The molecule has 2 aromatic carbocycles. The summed E-state index contributed by atoms with van der Waals surface area (Å²) in [6.45, 7) is 4.22. The van der Waals surface area contributed by atoms with Crippen LogP contribution < -0.4 is 0 Å². The average molecular weight is 645 g/mol. The number of aromatic nitrogens is 2. The molecule has 0 fully saturated rings. The highest BCUT2D eigenvalue weighted by Crippen LogP contribution is 2.34. The molecule has 46 heavy (non-hydrogen) atoms. The maximum atomic E-state index is 15.9. The van der Waals surface area contributed by atoms with E-state index >= 15 is 4.39 Å². The summed E-state index contributed by atoms with van der Waals surface area (Å²) >= 11 is 0. The Balaban J connectivity index is 1.75. The molecule has 6 nitrogen and oxygen atoms in total. The third kappa shape index (κ3) is 10.9. The largest absolute Gasteiger partial charge is 0.478 e. The van der Waals surface area contributed by atoms with Crippen LogP contribution in [0.25, 0.3) is 22.5 Å². The van der Waals surface area contributed by atoms with Gasteiger partial charge in [0.25, 0.3) is 0 Å². The summed E-state index contributed by atoms with van der Waals surface area (Å²) in [7, 11) is 0. The van der Waals surface area contributed by atoms with Gasteiger partial charge in [0.2, 0.25) is 0 Å². The molecule has 0 aliphatic carbocycles. The summed E-state index contributed by atoms with van der Waals surface area (Å²) in [4.78, 5) is 33.3. The van der Waals surface area contributed by atoms with Gasteiger partial charge in [-0.25, -0.2) is 23.9 Å². The van der Waals surface area contributed by atoms with E-state index in [0.717, 1.165) is 50.5 Å². The first-order valence-corrected chi connectivity index (χ1v) is 16.3. The first-order chi connectivity index (χ1) is 22.1. The number of hydrogen-bond acceptors (Lipinski definition) is 5. The number of ether oxygens (including phenoxy) is 1. The summed E-state index contributed by atoms with van der Waals surface area (Å²) in [5.74, 6) is -3.31. The molecular formula is C36H44F4N2O4. The maximum absolute atomic E-state index is 15.9. The van der Waals surface area contributed by atoms with Crippen LogP contribution in [0, 0.1) is 5.82 Å². The van der Waals surface area contributed by atoms with E-state index < -0.39 is 30.0 Å². The summed E-state index contributed by atoms with van der Waals surface area (Å²) in [6.07, 6.45) is 8.41. The Bertz CT molecular complexity index is 1390. The third-order valence-electron chi connectivity index (χ3n) is 7.98. The summed E-state index contributed by atoms with van der Waals surface area (Å²) < 4.78 is 61.6. The molecule has 0 radical (unpaired) electrons. The fourth-order valence-corrected chi connectivity index (χ4v) is 5.31. The number of carbonyl (C=O) groups excluding carboxylic acids is 1. The number of esters is 1. The van der Waals surface area contributed by atoms with Crippen molar-refractivity contribution in [2.24, 2.45) is 0 Å². The molecule has 3 aromatic rings. The van der Waals surface area contributed by atoms with Crippen LogP contribution in [-0.4, -0.2) is 39.3 Å². The Morgan fingerprint density at radius 2 is 1.37 bits per heavy atom. The lowest BCUT2D eigenvalue weighted by molar-refractivity contribution is -0.206. The minimum absolute atomic E-state index is 0.00249. The van der Waals surface area contributed by atoms with Gasteiger partial charge in [-0.1, -0.05) is 90.2 Å². The van der Waals surface area contributed by atoms with Crippen LogP contribution in [0.1, 0.15) is 124 Å². The minimum Gasteiger partial charge on any atom is -0.478 e. The van der Waals surface area contributed by atoms with Gasteiger partial charge >= 0.3 is 18.1 Å². The van der Waals surface area contributed by atoms with Crippen molar-refractivity contribution in [1.82, 2.24) is 9.97 Å². The number of carboxylic acid groups (broad SMARTS) is 1. The topological polar surface area (TPSA) is 89.4 Å². The quantitative estimate of drug-likeness (QED) is 0.0793. The van der Waals surface area contributed by atoms with Crippen LogP contribution in [0.15, 0.2) is 48.8 Å². The molecule has 1 unspecified atom stereocenters. The lowest BCUT2D eigenvalue weighted by Crippen LogP contribution is -2.33. The van der Waals surface area contributed by atoms with Gasteiger partial charge in [0, 0.05) is 18.0 Å². The Hall–Kier alpha value is -3.82. The van der Waals surface area contributed by atoms with E-state index in [2.05, 4.69) is 23.8 Å². The number of hydrogen-bond donors (Lipinski definition) is 1. The Labute approximate surface area is 268 Å². The van der Waals surface area contributed by atoms with Gasteiger partial charge in [0.05, 0.1) is 16.7 Å². The average Bonchev–Trinajstić information content (AvgIpc) is 3.03. The lowest BCUT2D eigenvalue weighted by Gasteiger charge is -2.21. The van der Waals surface area contributed by atoms with Crippen molar-refractivity contribution in [3.63, 3.8) is 0 Å². The number of rotatable bonds is 19. The second kappa shape index (κ2) is 18.4. The van der Waals surface area contributed by atoms with Gasteiger partial charge in [-0.2, -0.15) is 13.2 Å². The predicted octanol–water partition coefficient (Wildman–Crippen LogP) is 10.4. The standard InChI is InChI=1S/C36H44F4N2O4/c1-3-5-7-9-11-13-15-25-23-41-33(42-24-25)29-22-21-28(34(43)44)31(32(29)37)26-17-19-27(20-18-26)35(45)46-30(36(38,39)40)16-14-12-10-8-6-4-2/h17-24,30H,3-16H2,1-2H3,(H,43,44). The Morgan fingerprint density at radius 1 is 0.804 bits per heavy atom. The molecule has 10 heteroatoms. The molecule has 0 saturated heterocycles. The maximum Gasteiger partial charge on any atom is 0.425 e. The van der Waals surface area contributed by atoms with E-state index in [-0.39, 0.29) is 46.5 Å². The number of aromatic carboxylic acids is 1. The molecule has 0 saturated carbocycles. The minimum atomic E-state index is -4.71. The Kier molecular flexibility index (Phi) is 14.6. The molecule has 1 aromatic heterocycles. The molecule has 0 aliphatic rings. The lowest BCUT2D eigenvalue weighted by atomic mass is 9.95. The van der Waals surface area contributed by atoms with Crippen LogP contribution in [0.5, 0.6) is 0 Å². The second-order valence-corrected chi connectivity index (χ2v) is 11.7. The van der Waals surface area contributed by atoms with Gasteiger partial charge in [-0.15, -0.1) is 0 Å². The first-order valence-electron chi connectivity index (χ1n) is 16.3. The highest BCUT2D eigenvalue weighted by molar-refractivity contribution is 5.98. The van der Waals surface area contributed by atoms with Crippen molar-refractivity contribution < 1.29 is 37.0 Å². The number of halogens is 4. The summed E-state index contributed by atoms with van der Waals surface area (Å²) in [5.41, 5.74) is 0.293. The van der Waals surface area contributed by atoms with Crippen molar-refractivity contribution >= 4 is 11.9 Å². The molecule has 1 atom stereocenters. The van der Waals surface area contributed by atoms with E-state index in [4.69, 9.17) is 4.74 Å². The number of benzene rings is 2. The second-order valence-electron chi connectivity index (χ2n) is 11.7. The fourth-order valence-electron chi connectivity index (χ4n) is 5.31. The molecule has 0 aliphatic heterocycles. The van der Waals surface area contributed by atoms with Crippen molar-refractivity contribution in [3.8, 4) is 22.5 Å². The molecule has 1 heterocycles. The number of nitrogens with zero attached hydrogens (tertiary/aromatic N) is 2. The first kappa shape index (κ1) is 36.6. The zero-order valence-corrected chi connectivity index (χ0v) is 26.7. The molecule has 1 N–H and O–H groups in total. The van der Waals surface area contributed by atoms with Gasteiger partial charge in [0.15, 0.2) is 11.9 Å². The molecule has 0 amide bonds.